The number of esters is 1. The second-order valence-electron chi connectivity index (χ2n) is 7.89. The molecule has 2 aliphatic carbocycles. The van der Waals surface area contributed by atoms with Crippen LogP contribution in [-0.2, 0) is 14.3 Å². The van der Waals surface area contributed by atoms with Crippen LogP contribution in [0.3, 0.4) is 0 Å². The van der Waals surface area contributed by atoms with Crippen LogP contribution in [-0.4, -0.2) is 40.3 Å². The van der Waals surface area contributed by atoms with E-state index in [1.807, 2.05) is 13.8 Å². The smallest absolute Gasteiger partial charge is 0.334 e. The zero-order valence-corrected chi connectivity index (χ0v) is 15.8. The molecule has 0 aliphatic heterocycles. The average Bonchev–Trinajstić information content (AvgIpc) is 2.71. The summed E-state index contributed by atoms with van der Waals surface area (Å²) in [4.78, 5) is 25.3. The lowest BCUT2D eigenvalue weighted by Gasteiger charge is -2.44. The molecular weight excluding hydrogens is 320 g/mol. The molecule has 4 atom stereocenters. The minimum atomic E-state index is -1.26. The Morgan fingerprint density at radius 3 is 2.64 bits per heavy atom. The molecule has 0 aromatic heterocycles. The van der Waals surface area contributed by atoms with Gasteiger partial charge in [0.2, 0.25) is 0 Å². The number of hydrogen-bond acceptors (Lipinski definition) is 5. The van der Waals surface area contributed by atoms with Crippen molar-refractivity contribution in [2.45, 2.75) is 65.6 Å². The van der Waals surface area contributed by atoms with Gasteiger partial charge in [0.05, 0.1) is 17.6 Å². The first kappa shape index (κ1) is 19.9. The third kappa shape index (κ3) is 3.08. The molecule has 0 aromatic carbocycles. The quantitative estimate of drug-likeness (QED) is 0.462. The van der Waals surface area contributed by atoms with Gasteiger partial charge in [-0.15, -0.1) is 0 Å². The van der Waals surface area contributed by atoms with Crippen LogP contribution in [0.4, 0.5) is 0 Å². The molecule has 2 aliphatic rings. The number of carbonyl (C=O) groups is 2. The first-order valence-corrected chi connectivity index (χ1v) is 9.01. The fourth-order valence-corrected chi connectivity index (χ4v) is 4.27. The normalized spacial score (nSPS) is 36.1. The number of aliphatic hydroxyl groups is 2. The summed E-state index contributed by atoms with van der Waals surface area (Å²) in [5.41, 5.74) is -1.33. The van der Waals surface area contributed by atoms with E-state index in [0.29, 0.717) is 24.0 Å². The molecule has 0 radical (unpaired) electrons. The predicted octanol–water partition coefficient (Wildman–Crippen LogP) is 2.56. The zero-order valence-electron chi connectivity index (χ0n) is 15.8. The van der Waals surface area contributed by atoms with E-state index in [2.05, 4.69) is 0 Å². The van der Waals surface area contributed by atoms with Crippen LogP contribution < -0.4 is 0 Å². The highest BCUT2D eigenvalue weighted by atomic mass is 16.5. The number of allylic oxidation sites excluding steroid dienone is 1. The van der Waals surface area contributed by atoms with E-state index in [0.717, 1.165) is 0 Å². The van der Waals surface area contributed by atoms with Crippen molar-refractivity contribution in [1.29, 1.82) is 0 Å². The van der Waals surface area contributed by atoms with Crippen LogP contribution in [0.15, 0.2) is 23.3 Å². The summed E-state index contributed by atoms with van der Waals surface area (Å²) >= 11 is 0. The third-order valence-electron chi connectivity index (χ3n) is 6.28. The van der Waals surface area contributed by atoms with Gasteiger partial charge in [0.1, 0.15) is 11.9 Å². The van der Waals surface area contributed by atoms with Gasteiger partial charge in [0.15, 0.2) is 0 Å². The molecule has 1 unspecified atom stereocenters. The van der Waals surface area contributed by atoms with Crippen molar-refractivity contribution in [3.8, 4) is 0 Å². The van der Waals surface area contributed by atoms with Crippen molar-refractivity contribution in [2.75, 3.05) is 6.61 Å². The van der Waals surface area contributed by atoms with E-state index < -0.39 is 23.1 Å². The van der Waals surface area contributed by atoms with Crippen molar-refractivity contribution in [2.24, 2.45) is 17.3 Å². The topological polar surface area (TPSA) is 83.8 Å². The van der Waals surface area contributed by atoms with Crippen molar-refractivity contribution in [3.05, 3.63) is 23.3 Å². The third-order valence-corrected chi connectivity index (χ3v) is 6.28. The number of Topliss-reactive ketones (excluding diaryl/α,β-unsaturated/α-hetero) is 1. The molecule has 5 heteroatoms. The summed E-state index contributed by atoms with van der Waals surface area (Å²) < 4.78 is 5.66. The number of ether oxygens (including phenoxy) is 1. The lowest BCUT2D eigenvalue weighted by atomic mass is 9.65. The Hall–Kier alpha value is -1.46. The van der Waals surface area contributed by atoms with Gasteiger partial charge in [0, 0.05) is 12.0 Å². The molecule has 0 spiro atoms. The number of fused-ring (bicyclic) bond motifs is 1. The van der Waals surface area contributed by atoms with Crippen LogP contribution in [0.2, 0.25) is 0 Å². The van der Waals surface area contributed by atoms with Crippen molar-refractivity contribution in [3.63, 3.8) is 0 Å². The maximum Gasteiger partial charge on any atom is 0.334 e. The second-order valence-corrected chi connectivity index (χ2v) is 7.89. The average molecular weight is 350 g/mol. The van der Waals surface area contributed by atoms with Gasteiger partial charge in [-0.05, 0) is 57.1 Å². The van der Waals surface area contributed by atoms with Gasteiger partial charge in [-0.25, -0.2) is 4.79 Å². The zero-order chi connectivity index (χ0) is 19.0. The molecule has 2 rings (SSSR count). The van der Waals surface area contributed by atoms with Crippen LogP contribution in [0.1, 0.15) is 53.9 Å². The molecule has 5 nitrogen and oxygen atoms in total. The van der Waals surface area contributed by atoms with E-state index in [4.69, 9.17) is 4.74 Å². The van der Waals surface area contributed by atoms with Gasteiger partial charge in [-0.2, -0.15) is 0 Å². The Balaban J connectivity index is 2.53. The summed E-state index contributed by atoms with van der Waals surface area (Å²) in [5, 5.41) is 21.2. The molecule has 0 amide bonds. The Kier molecular flexibility index (Phi) is 5.59. The van der Waals surface area contributed by atoms with E-state index >= 15 is 0 Å². The highest BCUT2D eigenvalue weighted by molar-refractivity contribution is 5.92. The first-order valence-electron chi connectivity index (χ1n) is 9.01. The minimum absolute atomic E-state index is 0.0833. The number of hydrogen-bond donors (Lipinski definition) is 2. The van der Waals surface area contributed by atoms with Gasteiger partial charge >= 0.3 is 5.97 Å². The molecule has 1 saturated carbocycles. The number of rotatable bonds is 4. The van der Waals surface area contributed by atoms with Crippen molar-refractivity contribution in [1.82, 2.24) is 0 Å². The maximum absolute atomic E-state index is 13.0. The SMILES string of the molecule is C/C=C(/C)C(=O)O[C@@H]1C=C(CO)CC[C@]2(O)C(C(C)C)CC(=O)[C@]12C. The largest absolute Gasteiger partial charge is 0.454 e. The van der Waals surface area contributed by atoms with E-state index in [1.165, 1.54) is 0 Å². The Labute approximate surface area is 149 Å². The molecule has 1 fully saturated rings. The van der Waals surface area contributed by atoms with Gasteiger partial charge in [-0.3, -0.25) is 4.79 Å². The number of ketones is 1. The lowest BCUT2D eigenvalue weighted by molar-refractivity contribution is -0.171. The van der Waals surface area contributed by atoms with Crippen molar-refractivity contribution >= 4 is 11.8 Å². The standard InChI is InChI=1S/C20H30O5/c1-6-13(4)18(23)25-17-9-14(11-21)7-8-20(24)15(12(2)3)10-16(22)19(17,20)5/h6,9,12,15,17,21,24H,7-8,10-11H2,1-5H3/b13-6-/t15?,17-,19-,20+/m1/s1. The van der Waals surface area contributed by atoms with E-state index in [-0.39, 0.29) is 30.6 Å². The van der Waals surface area contributed by atoms with Crippen LogP contribution >= 0.6 is 0 Å². The van der Waals surface area contributed by atoms with E-state index in [9.17, 15) is 19.8 Å². The molecule has 140 valence electrons. The highest BCUT2D eigenvalue weighted by Crippen LogP contribution is 2.56. The van der Waals surface area contributed by atoms with Crippen molar-refractivity contribution < 1.29 is 24.5 Å². The highest BCUT2D eigenvalue weighted by Gasteiger charge is 2.66. The minimum Gasteiger partial charge on any atom is -0.454 e. The molecule has 0 saturated heterocycles. The summed E-state index contributed by atoms with van der Waals surface area (Å²) in [6.45, 7) is 8.92. The predicted molar refractivity (Wildman–Crippen MR) is 94.7 cm³/mol. The summed E-state index contributed by atoms with van der Waals surface area (Å²) in [7, 11) is 0. The Morgan fingerprint density at radius 1 is 1.48 bits per heavy atom. The van der Waals surface area contributed by atoms with Gasteiger partial charge in [-0.1, -0.05) is 19.9 Å². The number of aliphatic hydroxyl groups excluding tert-OH is 1. The fourth-order valence-electron chi connectivity index (χ4n) is 4.27. The first-order chi connectivity index (χ1) is 11.6. The van der Waals surface area contributed by atoms with E-state index in [1.54, 1.807) is 32.9 Å². The molecule has 2 N–H and O–H groups in total. The maximum atomic E-state index is 13.0. The molecule has 0 bridgehead atoms. The molecular formula is C20H30O5. The van der Waals surface area contributed by atoms with Crippen LogP contribution in [0, 0.1) is 17.3 Å². The summed E-state index contributed by atoms with van der Waals surface area (Å²) in [5.74, 6) is -0.659. The molecule has 25 heavy (non-hydrogen) atoms. The lowest BCUT2D eigenvalue weighted by Crippen LogP contribution is -2.56. The Morgan fingerprint density at radius 2 is 2.12 bits per heavy atom. The molecule has 0 aromatic rings. The number of carbonyl (C=O) groups excluding carboxylic acids is 2. The monoisotopic (exact) mass is 350 g/mol. The fraction of sp³-hybridized carbons (Fsp3) is 0.700. The summed E-state index contributed by atoms with van der Waals surface area (Å²) in [6, 6.07) is 0. The van der Waals surface area contributed by atoms with Crippen LogP contribution in [0.5, 0.6) is 0 Å². The van der Waals surface area contributed by atoms with Gasteiger partial charge < -0.3 is 14.9 Å². The van der Waals surface area contributed by atoms with Gasteiger partial charge in [0.25, 0.3) is 0 Å². The van der Waals surface area contributed by atoms with Crippen LogP contribution in [0.25, 0.3) is 0 Å². The molecule has 0 heterocycles. The Bertz CT molecular complexity index is 618. The summed E-state index contributed by atoms with van der Waals surface area (Å²) in [6.07, 6.45) is 3.57. The second kappa shape index (κ2) is 7.04.